The number of halogens is 1. The Morgan fingerprint density at radius 2 is 2.29 bits per heavy atom. The smallest absolute Gasteiger partial charge is 0.0941 e. The van der Waals surface area contributed by atoms with Crippen LogP contribution in [0, 0.1) is 5.92 Å². The van der Waals surface area contributed by atoms with Crippen LogP contribution in [0.1, 0.15) is 18.5 Å². The van der Waals surface area contributed by atoms with Gasteiger partial charge < -0.3 is 0 Å². The van der Waals surface area contributed by atoms with E-state index in [9.17, 15) is 0 Å². The molecule has 88 valence electrons. The highest BCUT2D eigenvalue weighted by Crippen LogP contribution is 2.31. The molecule has 2 aromatic heterocycles. The Labute approximate surface area is 105 Å². The summed E-state index contributed by atoms with van der Waals surface area (Å²) in [6.45, 7) is 1.00. The van der Waals surface area contributed by atoms with Crippen molar-refractivity contribution in [2.75, 3.05) is 0 Å². The number of nitrogens with zero attached hydrogens (tertiary/aromatic N) is 3. The first kappa shape index (κ1) is 10.8. The zero-order chi connectivity index (χ0) is 11.7. The molecular formula is C13H14ClN3. The van der Waals surface area contributed by atoms with Crippen molar-refractivity contribution in [1.29, 1.82) is 0 Å². The highest BCUT2D eigenvalue weighted by molar-refractivity contribution is 6.16. The first-order valence-corrected chi connectivity index (χ1v) is 6.43. The van der Waals surface area contributed by atoms with Gasteiger partial charge in [-0.05, 0) is 37.0 Å². The number of pyridine rings is 1. The molecule has 0 spiro atoms. The van der Waals surface area contributed by atoms with Crippen molar-refractivity contribution in [3.63, 3.8) is 0 Å². The molecule has 1 aliphatic carbocycles. The van der Waals surface area contributed by atoms with Gasteiger partial charge in [0.15, 0.2) is 0 Å². The molecule has 0 unspecified atom stereocenters. The summed E-state index contributed by atoms with van der Waals surface area (Å²) in [6.07, 6.45) is 6.25. The van der Waals surface area contributed by atoms with Gasteiger partial charge in [0.25, 0.3) is 0 Å². The summed E-state index contributed by atoms with van der Waals surface area (Å²) in [7, 11) is 0. The maximum absolute atomic E-state index is 5.96. The van der Waals surface area contributed by atoms with Crippen LogP contribution < -0.4 is 0 Å². The predicted octanol–water partition coefficient (Wildman–Crippen LogP) is 3.09. The fraction of sp³-hybridized carbons (Fsp3) is 0.385. The molecule has 2 heterocycles. The Bertz CT molecular complexity index is 503. The van der Waals surface area contributed by atoms with Crippen LogP contribution in [0.2, 0.25) is 0 Å². The van der Waals surface area contributed by atoms with Gasteiger partial charge in [0.2, 0.25) is 0 Å². The van der Waals surface area contributed by atoms with Crippen LogP contribution in [0.5, 0.6) is 0 Å². The van der Waals surface area contributed by atoms with Gasteiger partial charge in [0.05, 0.1) is 17.3 Å². The van der Waals surface area contributed by atoms with Crippen molar-refractivity contribution in [1.82, 2.24) is 14.8 Å². The van der Waals surface area contributed by atoms with E-state index < -0.39 is 0 Å². The molecule has 0 radical (unpaired) electrons. The number of alkyl halides is 1. The zero-order valence-corrected chi connectivity index (χ0v) is 10.3. The second-order valence-corrected chi connectivity index (χ2v) is 4.79. The minimum atomic E-state index is 0.514. The summed E-state index contributed by atoms with van der Waals surface area (Å²) in [6, 6.07) is 6.01. The lowest BCUT2D eigenvalue weighted by Crippen LogP contribution is -2.05. The maximum atomic E-state index is 5.96. The molecule has 1 aliphatic rings. The molecule has 1 saturated carbocycles. The summed E-state index contributed by atoms with van der Waals surface area (Å²) < 4.78 is 2.05. The van der Waals surface area contributed by atoms with Crippen LogP contribution in [0.3, 0.4) is 0 Å². The average Bonchev–Trinajstić information content (AvgIpc) is 3.09. The third-order valence-electron chi connectivity index (χ3n) is 3.09. The normalized spacial score (nSPS) is 15.1. The van der Waals surface area contributed by atoms with Gasteiger partial charge in [-0.25, -0.2) is 0 Å². The fourth-order valence-corrected chi connectivity index (χ4v) is 2.14. The molecule has 4 heteroatoms. The summed E-state index contributed by atoms with van der Waals surface area (Å²) in [5.41, 5.74) is 3.11. The third-order valence-corrected chi connectivity index (χ3v) is 3.36. The molecular weight excluding hydrogens is 234 g/mol. The largest absolute Gasteiger partial charge is 0.267 e. The molecule has 0 saturated heterocycles. The highest BCUT2D eigenvalue weighted by Gasteiger charge is 2.23. The molecule has 3 rings (SSSR count). The van der Waals surface area contributed by atoms with Crippen molar-refractivity contribution in [2.45, 2.75) is 25.3 Å². The third kappa shape index (κ3) is 2.34. The summed E-state index contributed by atoms with van der Waals surface area (Å²) >= 11 is 5.96. The zero-order valence-electron chi connectivity index (χ0n) is 9.51. The molecule has 0 amide bonds. The van der Waals surface area contributed by atoms with E-state index in [4.69, 9.17) is 11.6 Å². The molecule has 2 aromatic rings. The van der Waals surface area contributed by atoms with E-state index in [1.54, 1.807) is 6.20 Å². The fourth-order valence-electron chi connectivity index (χ4n) is 1.92. The van der Waals surface area contributed by atoms with Gasteiger partial charge in [0, 0.05) is 24.5 Å². The van der Waals surface area contributed by atoms with Crippen LogP contribution in [0.25, 0.3) is 11.3 Å². The average molecular weight is 248 g/mol. The first-order chi connectivity index (χ1) is 8.36. The minimum Gasteiger partial charge on any atom is -0.267 e. The van der Waals surface area contributed by atoms with E-state index in [2.05, 4.69) is 16.1 Å². The number of hydrogen-bond acceptors (Lipinski definition) is 2. The van der Waals surface area contributed by atoms with E-state index >= 15 is 0 Å². The molecule has 0 atom stereocenters. The van der Waals surface area contributed by atoms with Crippen molar-refractivity contribution < 1.29 is 0 Å². The lowest BCUT2D eigenvalue weighted by molar-refractivity contribution is 0.549. The van der Waals surface area contributed by atoms with Crippen LogP contribution in [-0.4, -0.2) is 14.8 Å². The van der Waals surface area contributed by atoms with E-state index in [-0.39, 0.29) is 0 Å². The Morgan fingerprint density at radius 3 is 2.94 bits per heavy atom. The van der Waals surface area contributed by atoms with Gasteiger partial charge in [-0.15, -0.1) is 11.6 Å². The topological polar surface area (TPSA) is 30.7 Å². The van der Waals surface area contributed by atoms with Crippen LogP contribution >= 0.6 is 11.6 Å². The lowest BCUT2D eigenvalue weighted by Gasteiger charge is -2.02. The van der Waals surface area contributed by atoms with Gasteiger partial charge in [-0.3, -0.25) is 9.67 Å². The van der Waals surface area contributed by atoms with E-state index in [1.807, 2.05) is 23.0 Å². The van der Waals surface area contributed by atoms with Gasteiger partial charge >= 0.3 is 0 Å². The van der Waals surface area contributed by atoms with Crippen molar-refractivity contribution >= 4 is 11.6 Å². The van der Waals surface area contributed by atoms with E-state index in [0.29, 0.717) is 5.88 Å². The van der Waals surface area contributed by atoms with Gasteiger partial charge in [-0.2, -0.15) is 5.10 Å². The molecule has 0 N–H and O–H groups in total. The Morgan fingerprint density at radius 1 is 1.41 bits per heavy atom. The lowest BCUT2D eigenvalue weighted by atomic mass is 10.2. The molecule has 1 fully saturated rings. The van der Waals surface area contributed by atoms with Crippen LogP contribution in [0.4, 0.5) is 0 Å². The van der Waals surface area contributed by atoms with Crippen molar-refractivity contribution in [3.8, 4) is 11.3 Å². The molecule has 0 aliphatic heterocycles. The van der Waals surface area contributed by atoms with Crippen molar-refractivity contribution in [3.05, 3.63) is 36.3 Å². The second kappa shape index (κ2) is 4.49. The quantitative estimate of drug-likeness (QED) is 0.778. The second-order valence-electron chi connectivity index (χ2n) is 4.52. The Hall–Kier alpha value is -1.35. The molecule has 17 heavy (non-hydrogen) atoms. The number of hydrogen-bond donors (Lipinski definition) is 0. The molecule has 3 nitrogen and oxygen atoms in total. The Balaban J connectivity index is 1.92. The molecule has 0 aromatic carbocycles. The van der Waals surface area contributed by atoms with Crippen molar-refractivity contribution in [2.24, 2.45) is 5.92 Å². The van der Waals surface area contributed by atoms with Gasteiger partial charge in [0.1, 0.15) is 0 Å². The Kier molecular flexibility index (Phi) is 2.85. The molecule has 0 bridgehead atoms. The summed E-state index contributed by atoms with van der Waals surface area (Å²) in [5.74, 6) is 1.32. The maximum Gasteiger partial charge on any atom is 0.0941 e. The van der Waals surface area contributed by atoms with Crippen LogP contribution in [0.15, 0.2) is 30.6 Å². The van der Waals surface area contributed by atoms with Gasteiger partial charge in [-0.1, -0.05) is 0 Å². The summed E-state index contributed by atoms with van der Waals surface area (Å²) in [4.78, 5) is 4.12. The van der Waals surface area contributed by atoms with E-state index in [1.165, 1.54) is 12.8 Å². The van der Waals surface area contributed by atoms with E-state index in [0.717, 1.165) is 29.4 Å². The summed E-state index contributed by atoms with van der Waals surface area (Å²) in [5, 5.41) is 4.62. The predicted molar refractivity (Wildman–Crippen MR) is 67.7 cm³/mol. The first-order valence-electron chi connectivity index (χ1n) is 5.90. The van der Waals surface area contributed by atoms with Crippen LogP contribution in [-0.2, 0) is 12.4 Å². The monoisotopic (exact) mass is 247 g/mol. The highest BCUT2D eigenvalue weighted by atomic mass is 35.5. The standard InChI is InChI=1S/C13H14ClN3/c14-7-12-6-13(11-2-1-5-15-8-11)16-17(12)9-10-3-4-10/h1-2,5-6,8,10H,3-4,7,9H2. The minimum absolute atomic E-state index is 0.514. The number of aromatic nitrogens is 3. The SMILES string of the molecule is ClCc1cc(-c2cccnc2)nn1CC1CC1. The number of rotatable bonds is 4.